The van der Waals surface area contributed by atoms with Gasteiger partial charge in [0.1, 0.15) is 0 Å². The van der Waals surface area contributed by atoms with E-state index in [-0.39, 0.29) is 5.91 Å². The van der Waals surface area contributed by atoms with E-state index in [1.807, 2.05) is 30.5 Å². The fourth-order valence-electron chi connectivity index (χ4n) is 2.54. The van der Waals surface area contributed by atoms with Gasteiger partial charge in [-0.05, 0) is 30.9 Å². The minimum Gasteiger partial charge on any atom is -0.325 e. The van der Waals surface area contributed by atoms with Crippen LogP contribution in [0.1, 0.15) is 19.3 Å². The number of carbonyl (C=O) groups excluding carboxylic acids is 1. The summed E-state index contributed by atoms with van der Waals surface area (Å²) in [5.74, 6) is 0.484. The lowest BCUT2D eigenvalue weighted by Crippen LogP contribution is -2.14. The van der Waals surface area contributed by atoms with Crippen molar-refractivity contribution in [3.05, 3.63) is 48.8 Å². The maximum Gasteiger partial charge on any atom is 0.224 e. The minimum atomic E-state index is 0.0841. The number of allylic oxidation sites excluding steroid dienone is 2. The van der Waals surface area contributed by atoms with Crippen LogP contribution in [0.2, 0.25) is 0 Å². The van der Waals surface area contributed by atoms with E-state index in [2.05, 4.69) is 22.5 Å². The third kappa shape index (κ3) is 2.65. The smallest absolute Gasteiger partial charge is 0.224 e. The second-order valence-corrected chi connectivity index (χ2v) is 4.92. The van der Waals surface area contributed by atoms with Gasteiger partial charge in [0.2, 0.25) is 5.91 Å². The Morgan fingerprint density at radius 2 is 2.32 bits per heavy atom. The highest BCUT2D eigenvalue weighted by Crippen LogP contribution is 2.24. The van der Waals surface area contributed by atoms with E-state index in [9.17, 15) is 4.79 Å². The highest BCUT2D eigenvalue weighted by Gasteiger charge is 2.14. The van der Waals surface area contributed by atoms with Crippen LogP contribution in [0, 0.1) is 5.92 Å². The summed E-state index contributed by atoms with van der Waals surface area (Å²) in [7, 11) is 0. The van der Waals surface area contributed by atoms with Crippen LogP contribution in [-0.2, 0) is 4.79 Å². The number of rotatable bonds is 3. The average molecular weight is 252 g/mol. The molecule has 3 rings (SSSR count). The monoisotopic (exact) mass is 252 g/mol. The number of hydrogen-bond acceptors (Lipinski definition) is 2. The van der Waals surface area contributed by atoms with Crippen LogP contribution >= 0.6 is 0 Å². The summed E-state index contributed by atoms with van der Waals surface area (Å²) >= 11 is 0. The summed E-state index contributed by atoms with van der Waals surface area (Å²) in [6.45, 7) is 0. The van der Waals surface area contributed by atoms with E-state index in [4.69, 9.17) is 0 Å². The van der Waals surface area contributed by atoms with Crippen molar-refractivity contribution in [3.8, 4) is 0 Å². The Morgan fingerprint density at radius 1 is 1.37 bits per heavy atom. The number of nitrogens with one attached hydrogen (secondary N) is 1. The number of anilines is 1. The molecule has 0 spiro atoms. The normalized spacial score (nSPS) is 17.8. The van der Waals surface area contributed by atoms with Gasteiger partial charge >= 0.3 is 0 Å². The van der Waals surface area contributed by atoms with Crippen molar-refractivity contribution in [2.45, 2.75) is 19.3 Å². The van der Waals surface area contributed by atoms with Crippen molar-refractivity contribution >= 4 is 22.4 Å². The van der Waals surface area contributed by atoms with Gasteiger partial charge in [0.25, 0.3) is 0 Å². The average Bonchev–Trinajstić information content (AvgIpc) is 2.92. The van der Waals surface area contributed by atoms with E-state index in [0.29, 0.717) is 12.3 Å². The maximum absolute atomic E-state index is 12.1. The van der Waals surface area contributed by atoms with Crippen LogP contribution in [0.4, 0.5) is 5.69 Å². The van der Waals surface area contributed by atoms with Gasteiger partial charge in [0.05, 0.1) is 0 Å². The Kier molecular flexibility index (Phi) is 3.27. The summed E-state index contributed by atoms with van der Waals surface area (Å²) in [5.41, 5.74) is 0.867. The zero-order valence-electron chi connectivity index (χ0n) is 10.7. The first kappa shape index (κ1) is 11.9. The van der Waals surface area contributed by atoms with Crippen molar-refractivity contribution in [1.82, 2.24) is 4.98 Å². The van der Waals surface area contributed by atoms with E-state index in [1.165, 1.54) is 0 Å². The molecule has 0 fully saturated rings. The van der Waals surface area contributed by atoms with Crippen molar-refractivity contribution in [2.75, 3.05) is 5.32 Å². The highest BCUT2D eigenvalue weighted by molar-refractivity contribution is 6.01. The van der Waals surface area contributed by atoms with Gasteiger partial charge in [-0.3, -0.25) is 9.78 Å². The first-order chi connectivity index (χ1) is 9.33. The molecule has 1 aliphatic rings. The van der Waals surface area contributed by atoms with E-state index < -0.39 is 0 Å². The predicted octanol–water partition coefficient (Wildman–Crippen LogP) is 3.53. The largest absolute Gasteiger partial charge is 0.325 e. The lowest BCUT2D eigenvalue weighted by molar-refractivity contribution is -0.116. The molecule has 0 saturated heterocycles. The van der Waals surface area contributed by atoms with Crippen LogP contribution in [0.25, 0.3) is 10.8 Å². The molecular formula is C16H16N2O. The molecule has 1 aromatic carbocycles. The highest BCUT2D eigenvalue weighted by atomic mass is 16.1. The molecule has 1 aromatic heterocycles. The molecule has 1 aliphatic carbocycles. The number of fused-ring (bicyclic) bond motifs is 1. The Balaban J connectivity index is 1.77. The molecule has 96 valence electrons. The Morgan fingerprint density at radius 3 is 3.16 bits per heavy atom. The molecule has 1 atom stereocenters. The van der Waals surface area contributed by atoms with Crippen molar-refractivity contribution in [1.29, 1.82) is 0 Å². The second-order valence-electron chi connectivity index (χ2n) is 4.92. The first-order valence-electron chi connectivity index (χ1n) is 6.62. The molecule has 0 aliphatic heterocycles. The van der Waals surface area contributed by atoms with Crippen molar-refractivity contribution < 1.29 is 4.79 Å². The molecule has 1 amide bonds. The number of nitrogens with zero attached hydrogens (tertiary/aromatic N) is 1. The van der Waals surface area contributed by atoms with Gasteiger partial charge in [0.15, 0.2) is 0 Å². The molecule has 1 N–H and O–H groups in total. The fourth-order valence-corrected chi connectivity index (χ4v) is 2.54. The fraction of sp³-hybridized carbons (Fsp3) is 0.250. The van der Waals surface area contributed by atoms with Gasteiger partial charge < -0.3 is 5.32 Å². The summed E-state index contributed by atoms with van der Waals surface area (Å²) in [6.07, 6.45) is 10.6. The van der Waals surface area contributed by atoms with Crippen LogP contribution in [0.5, 0.6) is 0 Å². The van der Waals surface area contributed by atoms with Gasteiger partial charge in [0, 0.05) is 35.3 Å². The van der Waals surface area contributed by atoms with Crippen LogP contribution in [-0.4, -0.2) is 10.9 Å². The third-order valence-electron chi connectivity index (χ3n) is 3.51. The van der Waals surface area contributed by atoms with E-state index in [1.54, 1.807) is 6.20 Å². The molecule has 1 unspecified atom stereocenters. The summed E-state index contributed by atoms with van der Waals surface area (Å²) in [6, 6.07) is 7.80. The van der Waals surface area contributed by atoms with Crippen LogP contribution in [0.3, 0.4) is 0 Å². The predicted molar refractivity (Wildman–Crippen MR) is 76.9 cm³/mol. The maximum atomic E-state index is 12.1. The molecule has 19 heavy (non-hydrogen) atoms. The van der Waals surface area contributed by atoms with Crippen molar-refractivity contribution in [2.24, 2.45) is 5.92 Å². The van der Waals surface area contributed by atoms with Gasteiger partial charge in [-0.15, -0.1) is 0 Å². The standard InChI is InChI=1S/C16H16N2O/c19-16(10-12-4-1-2-5-12)18-15-7-3-6-13-11-17-9-8-14(13)15/h1,3-4,6-9,11-12H,2,5,10H2,(H,18,19). The van der Waals surface area contributed by atoms with E-state index in [0.717, 1.165) is 29.3 Å². The lowest BCUT2D eigenvalue weighted by Gasteiger charge is -2.10. The molecule has 2 aromatic rings. The summed E-state index contributed by atoms with van der Waals surface area (Å²) < 4.78 is 0. The van der Waals surface area contributed by atoms with Crippen molar-refractivity contribution in [3.63, 3.8) is 0 Å². The van der Waals surface area contributed by atoms with Gasteiger partial charge in [-0.2, -0.15) is 0 Å². The number of carbonyl (C=O) groups is 1. The third-order valence-corrected chi connectivity index (χ3v) is 3.51. The Labute approximate surface area is 112 Å². The molecule has 0 bridgehead atoms. The van der Waals surface area contributed by atoms with Crippen LogP contribution in [0.15, 0.2) is 48.8 Å². The molecule has 3 nitrogen and oxygen atoms in total. The lowest BCUT2D eigenvalue weighted by atomic mass is 10.0. The topological polar surface area (TPSA) is 42.0 Å². The Bertz CT molecular complexity index is 628. The molecule has 0 radical (unpaired) electrons. The summed E-state index contributed by atoms with van der Waals surface area (Å²) in [5, 5.41) is 5.09. The van der Waals surface area contributed by atoms with E-state index >= 15 is 0 Å². The zero-order valence-corrected chi connectivity index (χ0v) is 10.7. The number of pyridine rings is 1. The van der Waals surface area contributed by atoms with Gasteiger partial charge in [-0.1, -0.05) is 24.3 Å². The Hall–Kier alpha value is -2.16. The quantitative estimate of drug-likeness (QED) is 0.849. The summed E-state index contributed by atoms with van der Waals surface area (Å²) in [4.78, 5) is 16.1. The number of amides is 1. The molecule has 1 heterocycles. The number of benzene rings is 1. The minimum absolute atomic E-state index is 0.0841. The number of aromatic nitrogens is 1. The van der Waals surface area contributed by atoms with Gasteiger partial charge in [-0.25, -0.2) is 0 Å². The molecule has 0 saturated carbocycles. The molecular weight excluding hydrogens is 236 g/mol. The number of hydrogen-bond donors (Lipinski definition) is 1. The van der Waals surface area contributed by atoms with Crippen LogP contribution < -0.4 is 5.32 Å². The first-order valence-corrected chi connectivity index (χ1v) is 6.62. The second kappa shape index (κ2) is 5.22. The SMILES string of the molecule is O=C(CC1C=CCC1)Nc1cccc2cnccc12. The molecule has 3 heteroatoms. The zero-order chi connectivity index (χ0) is 13.1.